The third kappa shape index (κ3) is 5.19. The zero-order chi connectivity index (χ0) is 16.5. The van der Waals surface area contributed by atoms with E-state index >= 15 is 0 Å². The molecule has 0 saturated heterocycles. The third-order valence-electron chi connectivity index (χ3n) is 3.01. The van der Waals surface area contributed by atoms with E-state index in [1.807, 2.05) is 0 Å². The molecule has 23 heavy (non-hydrogen) atoms. The van der Waals surface area contributed by atoms with Crippen LogP contribution in [0.5, 0.6) is 0 Å². The Morgan fingerprint density at radius 3 is 2.91 bits per heavy atom. The maximum Gasteiger partial charge on any atom is 0.255 e. The molecule has 122 valence electrons. The molecule has 2 rings (SSSR count). The summed E-state index contributed by atoms with van der Waals surface area (Å²) in [7, 11) is 1.59. The van der Waals surface area contributed by atoms with Crippen LogP contribution in [-0.2, 0) is 9.53 Å². The van der Waals surface area contributed by atoms with Crippen LogP contribution in [0.25, 0.3) is 0 Å². The predicted molar refractivity (Wildman–Crippen MR) is 81.8 cm³/mol. The summed E-state index contributed by atoms with van der Waals surface area (Å²) in [6.07, 6.45) is 5.04. The maximum absolute atomic E-state index is 12.5. The van der Waals surface area contributed by atoms with Gasteiger partial charge in [-0.1, -0.05) is 5.16 Å². The highest BCUT2D eigenvalue weighted by atomic mass is 16.5. The van der Waals surface area contributed by atoms with Gasteiger partial charge in [-0.05, 0) is 18.6 Å². The zero-order valence-corrected chi connectivity index (χ0v) is 12.8. The van der Waals surface area contributed by atoms with E-state index in [2.05, 4.69) is 20.0 Å². The van der Waals surface area contributed by atoms with Gasteiger partial charge in [0, 0.05) is 38.7 Å². The number of anilines is 1. The fourth-order valence-electron chi connectivity index (χ4n) is 1.96. The maximum atomic E-state index is 12.5. The van der Waals surface area contributed by atoms with Crippen molar-refractivity contribution in [2.45, 2.75) is 6.42 Å². The molecular weight excluding hydrogens is 300 g/mol. The molecule has 2 heterocycles. The van der Waals surface area contributed by atoms with Crippen molar-refractivity contribution in [2.24, 2.45) is 0 Å². The number of nitrogens with zero attached hydrogens (tertiary/aromatic N) is 3. The summed E-state index contributed by atoms with van der Waals surface area (Å²) < 4.78 is 9.64. The molecule has 8 nitrogen and oxygen atoms in total. The van der Waals surface area contributed by atoms with E-state index in [4.69, 9.17) is 4.74 Å². The minimum Gasteiger partial charge on any atom is -0.385 e. The zero-order valence-electron chi connectivity index (χ0n) is 12.8. The molecule has 0 aliphatic heterocycles. The van der Waals surface area contributed by atoms with Crippen LogP contribution in [0.3, 0.4) is 0 Å². The monoisotopic (exact) mass is 318 g/mol. The largest absolute Gasteiger partial charge is 0.385 e. The predicted octanol–water partition coefficient (Wildman–Crippen LogP) is 1.19. The molecule has 0 aliphatic carbocycles. The smallest absolute Gasteiger partial charge is 0.255 e. The SMILES string of the molecule is COCCCN(CC(=O)Nc1ccon1)C(=O)c1cccnc1. The summed E-state index contributed by atoms with van der Waals surface area (Å²) in [5, 5.41) is 6.17. The summed E-state index contributed by atoms with van der Waals surface area (Å²) in [6, 6.07) is 4.86. The number of carbonyl (C=O) groups excluding carboxylic acids is 2. The van der Waals surface area contributed by atoms with Gasteiger partial charge in [-0.2, -0.15) is 0 Å². The van der Waals surface area contributed by atoms with Crippen LogP contribution in [0.15, 0.2) is 41.4 Å². The lowest BCUT2D eigenvalue weighted by atomic mass is 10.2. The van der Waals surface area contributed by atoms with Crippen LogP contribution < -0.4 is 5.32 Å². The van der Waals surface area contributed by atoms with Crippen molar-refractivity contribution >= 4 is 17.6 Å². The van der Waals surface area contributed by atoms with Crippen molar-refractivity contribution in [3.05, 3.63) is 42.4 Å². The van der Waals surface area contributed by atoms with Crippen LogP contribution in [0.2, 0.25) is 0 Å². The molecule has 2 aromatic rings. The number of pyridine rings is 1. The summed E-state index contributed by atoms with van der Waals surface area (Å²) in [5.41, 5.74) is 0.430. The number of aromatic nitrogens is 2. The molecule has 0 radical (unpaired) electrons. The normalized spacial score (nSPS) is 10.3. The molecule has 1 N–H and O–H groups in total. The standard InChI is InChI=1S/C15H18N4O4/c1-22-8-3-7-19(15(21)12-4-2-6-16-10-12)11-14(20)17-13-5-9-23-18-13/h2,4-6,9-10H,3,7-8,11H2,1H3,(H,17,18,20). The highest BCUT2D eigenvalue weighted by Crippen LogP contribution is 2.06. The van der Waals surface area contributed by atoms with Crippen LogP contribution in [-0.4, -0.2) is 53.7 Å². The van der Waals surface area contributed by atoms with E-state index in [0.717, 1.165) is 0 Å². The van der Waals surface area contributed by atoms with E-state index in [-0.39, 0.29) is 18.4 Å². The molecule has 0 saturated carbocycles. The second kappa shape index (κ2) is 8.64. The second-order valence-corrected chi connectivity index (χ2v) is 4.75. The van der Waals surface area contributed by atoms with E-state index in [9.17, 15) is 9.59 Å². The molecule has 0 bridgehead atoms. The minimum atomic E-state index is -0.353. The van der Waals surface area contributed by atoms with E-state index in [1.54, 1.807) is 25.4 Å². The minimum absolute atomic E-state index is 0.0930. The van der Waals surface area contributed by atoms with Crippen LogP contribution >= 0.6 is 0 Å². The van der Waals surface area contributed by atoms with Crippen molar-refractivity contribution in [3.8, 4) is 0 Å². The number of ether oxygens (including phenoxy) is 1. The van der Waals surface area contributed by atoms with E-state index in [0.29, 0.717) is 31.0 Å². The van der Waals surface area contributed by atoms with Gasteiger partial charge < -0.3 is 19.5 Å². The molecule has 0 fully saturated rings. The average Bonchev–Trinajstić information content (AvgIpc) is 3.07. The highest BCUT2D eigenvalue weighted by molar-refractivity contribution is 5.98. The van der Waals surface area contributed by atoms with Gasteiger partial charge in [-0.15, -0.1) is 0 Å². The molecule has 2 aromatic heterocycles. The fourth-order valence-corrected chi connectivity index (χ4v) is 1.96. The Balaban J connectivity index is 2.01. The van der Waals surface area contributed by atoms with Crippen LogP contribution in [0.1, 0.15) is 16.8 Å². The Morgan fingerprint density at radius 1 is 1.39 bits per heavy atom. The number of methoxy groups -OCH3 is 1. The first-order valence-corrected chi connectivity index (χ1v) is 7.09. The lowest BCUT2D eigenvalue weighted by Gasteiger charge is -2.21. The van der Waals surface area contributed by atoms with E-state index in [1.165, 1.54) is 23.4 Å². The number of hydrogen-bond donors (Lipinski definition) is 1. The summed E-state index contributed by atoms with van der Waals surface area (Å²) >= 11 is 0. The van der Waals surface area contributed by atoms with Crippen molar-refractivity contribution in [3.63, 3.8) is 0 Å². The van der Waals surface area contributed by atoms with Crippen molar-refractivity contribution in [1.82, 2.24) is 15.0 Å². The number of carbonyl (C=O) groups is 2. The van der Waals surface area contributed by atoms with Gasteiger partial charge in [0.15, 0.2) is 5.82 Å². The second-order valence-electron chi connectivity index (χ2n) is 4.75. The van der Waals surface area contributed by atoms with Gasteiger partial charge in [0.25, 0.3) is 5.91 Å². The molecule has 0 aliphatic rings. The highest BCUT2D eigenvalue weighted by Gasteiger charge is 2.19. The Hall–Kier alpha value is -2.74. The Labute approximate surface area is 133 Å². The number of rotatable bonds is 8. The van der Waals surface area contributed by atoms with Gasteiger partial charge in [0.1, 0.15) is 12.8 Å². The van der Waals surface area contributed by atoms with Gasteiger partial charge in [0.05, 0.1) is 5.56 Å². The molecule has 0 unspecified atom stereocenters. The molecule has 8 heteroatoms. The fraction of sp³-hybridized carbons (Fsp3) is 0.333. The van der Waals surface area contributed by atoms with Crippen molar-refractivity contribution in [2.75, 3.05) is 32.1 Å². The first kappa shape index (κ1) is 16.6. The van der Waals surface area contributed by atoms with Crippen LogP contribution in [0.4, 0.5) is 5.82 Å². The van der Waals surface area contributed by atoms with Gasteiger partial charge in [-0.25, -0.2) is 0 Å². The quantitative estimate of drug-likeness (QED) is 0.734. The molecule has 0 spiro atoms. The average molecular weight is 318 g/mol. The summed E-state index contributed by atoms with van der Waals surface area (Å²) in [4.78, 5) is 29.9. The molecule has 2 amide bonds. The summed E-state index contributed by atoms with van der Waals surface area (Å²) in [6.45, 7) is 0.805. The van der Waals surface area contributed by atoms with Crippen molar-refractivity contribution in [1.29, 1.82) is 0 Å². The molecule has 0 aromatic carbocycles. The lowest BCUT2D eigenvalue weighted by Crippen LogP contribution is -2.39. The van der Waals surface area contributed by atoms with E-state index < -0.39 is 0 Å². The molecule has 0 atom stereocenters. The van der Waals surface area contributed by atoms with Gasteiger partial charge >= 0.3 is 0 Å². The number of nitrogens with one attached hydrogen (secondary N) is 1. The first-order valence-electron chi connectivity index (χ1n) is 7.09. The van der Waals surface area contributed by atoms with Gasteiger partial charge in [0.2, 0.25) is 5.91 Å². The Bertz CT molecular complexity index is 616. The lowest BCUT2D eigenvalue weighted by molar-refractivity contribution is -0.117. The Kier molecular flexibility index (Phi) is 6.25. The molecular formula is C15H18N4O4. The summed E-state index contributed by atoms with van der Waals surface area (Å²) in [5.74, 6) is -0.307. The Morgan fingerprint density at radius 2 is 2.26 bits per heavy atom. The third-order valence-corrected chi connectivity index (χ3v) is 3.01. The van der Waals surface area contributed by atoms with Crippen molar-refractivity contribution < 1.29 is 18.8 Å². The number of hydrogen-bond acceptors (Lipinski definition) is 6. The topological polar surface area (TPSA) is 97.6 Å². The first-order chi connectivity index (χ1) is 11.2. The van der Waals surface area contributed by atoms with Crippen LogP contribution in [0, 0.1) is 0 Å². The van der Waals surface area contributed by atoms with Gasteiger partial charge in [-0.3, -0.25) is 14.6 Å². The number of amides is 2.